The number of nitrogens with one attached hydrogen (secondary N) is 2. The molecule has 7 heteroatoms. The molecule has 2 amide bonds. The van der Waals surface area contributed by atoms with Gasteiger partial charge in [0.2, 0.25) is 0 Å². The maximum atomic E-state index is 13.1. The first kappa shape index (κ1) is 38.4. The van der Waals surface area contributed by atoms with Crippen LogP contribution in [0, 0.1) is 6.92 Å². The molecular weight excluding hydrogens is 627 g/mol. The molecule has 0 aliphatic carbocycles. The SMILES string of the molecule is CCC/C(=C/N)c1ccccc1C.CCCCC/C(C)=C(/C=C\S)NC(=O)c1ccc(NC(=O)c2ccccc2-c2ccccc2)c(O)c1. The third-order valence-electron chi connectivity index (χ3n) is 8.08. The van der Waals surface area contributed by atoms with Gasteiger partial charge in [-0.1, -0.05) is 106 Å². The third kappa shape index (κ3) is 11.6. The second-order valence-corrected chi connectivity index (χ2v) is 12.1. The van der Waals surface area contributed by atoms with E-state index in [1.165, 1.54) is 28.8 Å². The Labute approximate surface area is 297 Å². The fraction of sp³-hybridized carbons (Fsp3) is 0.238. The Bertz CT molecular complexity index is 1780. The fourth-order valence-electron chi connectivity index (χ4n) is 5.36. The number of anilines is 1. The predicted octanol–water partition coefficient (Wildman–Crippen LogP) is 10.4. The van der Waals surface area contributed by atoms with E-state index in [-0.39, 0.29) is 28.8 Å². The van der Waals surface area contributed by atoms with Crippen molar-refractivity contribution in [2.24, 2.45) is 5.73 Å². The highest BCUT2D eigenvalue weighted by molar-refractivity contribution is 7.83. The van der Waals surface area contributed by atoms with Gasteiger partial charge in [-0.15, -0.1) is 0 Å². The molecule has 0 bridgehead atoms. The number of amides is 2. The van der Waals surface area contributed by atoms with Crippen LogP contribution >= 0.6 is 12.6 Å². The number of unbranched alkanes of at least 4 members (excludes halogenated alkanes) is 2. The maximum absolute atomic E-state index is 13.1. The first-order chi connectivity index (χ1) is 23.7. The molecule has 6 nitrogen and oxygen atoms in total. The fourth-order valence-corrected chi connectivity index (χ4v) is 5.51. The molecule has 4 aromatic carbocycles. The molecule has 4 aromatic rings. The number of hydrogen-bond donors (Lipinski definition) is 5. The molecule has 256 valence electrons. The molecule has 0 saturated heterocycles. The number of hydrogen-bond acceptors (Lipinski definition) is 5. The van der Waals surface area contributed by atoms with Crippen molar-refractivity contribution in [2.45, 2.75) is 66.2 Å². The van der Waals surface area contributed by atoms with Gasteiger partial charge in [0.05, 0.1) is 5.69 Å². The predicted molar refractivity (Wildman–Crippen MR) is 209 cm³/mol. The molecule has 49 heavy (non-hydrogen) atoms. The van der Waals surface area contributed by atoms with Crippen LogP contribution in [0.15, 0.2) is 126 Å². The van der Waals surface area contributed by atoms with E-state index in [0.29, 0.717) is 11.3 Å². The Morgan fingerprint density at radius 1 is 0.816 bits per heavy atom. The molecule has 0 unspecified atom stereocenters. The van der Waals surface area contributed by atoms with E-state index in [2.05, 4.69) is 68.3 Å². The van der Waals surface area contributed by atoms with Crippen molar-refractivity contribution in [1.82, 2.24) is 5.32 Å². The van der Waals surface area contributed by atoms with Crippen molar-refractivity contribution in [3.63, 3.8) is 0 Å². The Kier molecular flexibility index (Phi) is 16.0. The minimum atomic E-state index is -0.353. The van der Waals surface area contributed by atoms with Crippen molar-refractivity contribution in [2.75, 3.05) is 5.32 Å². The van der Waals surface area contributed by atoms with E-state index in [1.54, 1.807) is 35.9 Å². The number of aromatic hydroxyl groups is 1. The topological polar surface area (TPSA) is 104 Å². The van der Waals surface area contributed by atoms with Crippen LogP contribution in [-0.4, -0.2) is 16.9 Å². The van der Waals surface area contributed by atoms with Crippen molar-refractivity contribution >= 4 is 35.7 Å². The summed E-state index contributed by atoms with van der Waals surface area (Å²) < 4.78 is 0. The molecule has 4 rings (SSSR count). The smallest absolute Gasteiger partial charge is 0.256 e. The van der Waals surface area contributed by atoms with Gasteiger partial charge in [0, 0.05) is 16.8 Å². The van der Waals surface area contributed by atoms with Crippen LogP contribution in [0.25, 0.3) is 16.7 Å². The Balaban J connectivity index is 0.000000419. The standard InChI is InChI=1S/C30H32N2O3S.C12H17N/c1-3-4-6-11-21(2)26(18-19-36)31-29(34)23-16-17-27(28(33)20-23)32-30(35)25-15-10-9-14-24(25)22-12-7-5-8-13-22;1-3-6-11(9-13)12-8-5-4-7-10(12)2/h5,7-10,12-20,33,36H,3-4,6,11H2,1-2H3,(H,31,34)(H,32,35);4-5,7-9H,3,6,13H2,1-2H3/b19-18-,26-21-;11-9-. The lowest BCUT2D eigenvalue weighted by Crippen LogP contribution is -2.23. The van der Waals surface area contributed by atoms with Crippen molar-refractivity contribution < 1.29 is 14.7 Å². The largest absolute Gasteiger partial charge is 0.506 e. The lowest BCUT2D eigenvalue weighted by Gasteiger charge is -2.13. The summed E-state index contributed by atoms with van der Waals surface area (Å²) in [5, 5.41) is 17.8. The molecule has 0 heterocycles. The molecule has 0 aliphatic heterocycles. The number of rotatable bonds is 13. The van der Waals surface area contributed by atoms with Crippen LogP contribution in [0.5, 0.6) is 5.75 Å². The van der Waals surface area contributed by atoms with Crippen molar-refractivity contribution in [1.29, 1.82) is 0 Å². The number of benzene rings is 4. The van der Waals surface area contributed by atoms with Crippen LogP contribution in [-0.2, 0) is 0 Å². The van der Waals surface area contributed by atoms with Gasteiger partial charge in [0.25, 0.3) is 11.8 Å². The van der Waals surface area contributed by atoms with Gasteiger partial charge in [0.15, 0.2) is 0 Å². The summed E-state index contributed by atoms with van der Waals surface area (Å²) in [5.74, 6) is -0.897. The van der Waals surface area contributed by atoms with Crippen LogP contribution in [0.2, 0.25) is 0 Å². The van der Waals surface area contributed by atoms with Gasteiger partial charge >= 0.3 is 0 Å². The summed E-state index contributed by atoms with van der Waals surface area (Å²) in [5.41, 5.74) is 13.9. The number of thiol groups is 1. The zero-order chi connectivity index (χ0) is 35.6. The van der Waals surface area contributed by atoms with E-state index in [1.807, 2.05) is 49.4 Å². The van der Waals surface area contributed by atoms with Crippen LogP contribution in [0.4, 0.5) is 5.69 Å². The highest BCUT2D eigenvalue weighted by Crippen LogP contribution is 2.28. The van der Waals surface area contributed by atoms with Gasteiger partial charge in [-0.05, 0) is 108 Å². The van der Waals surface area contributed by atoms with E-state index >= 15 is 0 Å². The molecule has 0 aliphatic rings. The van der Waals surface area contributed by atoms with Crippen molar-refractivity contribution in [3.05, 3.63) is 148 Å². The maximum Gasteiger partial charge on any atom is 0.256 e. The first-order valence-electron chi connectivity index (χ1n) is 16.8. The number of allylic oxidation sites excluding steroid dienone is 3. The molecular formula is C42H49N3O3S. The van der Waals surface area contributed by atoms with Crippen molar-refractivity contribution in [3.8, 4) is 16.9 Å². The lowest BCUT2D eigenvalue weighted by atomic mass is 9.98. The van der Waals surface area contributed by atoms with Crippen LogP contribution in [0.3, 0.4) is 0 Å². The number of nitrogens with two attached hydrogens (primary N) is 1. The van der Waals surface area contributed by atoms with Gasteiger partial charge < -0.3 is 21.5 Å². The first-order valence-corrected chi connectivity index (χ1v) is 17.3. The Morgan fingerprint density at radius 2 is 1.49 bits per heavy atom. The number of carbonyl (C=O) groups is 2. The summed E-state index contributed by atoms with van der Waals surface area (Å²) in [6, 6.07) is 29.7. The second-order valence-electron chi connectivity index (χ2n) is 11.8. The Hall–Kier alpha value is -5.01. The molecule has 0 radical (unpaired) electrons. The van der Waals surface area contributed by atoms with Gasteiger partial charge in [-0.2, -0.15) is 12.6 Å². The number of phenols is 1. The van der Waals surface area contributed by atoms with Gasteiger partial charge in [-0.3, -0.25) is 9.59 Å². The molecule has 0 atom stereocenters. The van der Waals surface area contributed by atoms with Gasteiger partial charge in [-0.25, -0.2) is 0 Å². The minimum absolute atomic E-state index is 0.192. The van der Waals surface area contributed by atoms with Gasteiger partial charge in [0.1, 0.15) is 5.75 Å². The third-order valence-corrected chi connectivity index (χ3v) is 8.23. The molecule has 0 fully saturated rings. The zero-order valence-corrected chi connectivity index (χ0v) is 29.9. The minimum Gasteiger partial charge on any atom is -0.506 e. The van der Waals surface area contributed by atoms with Crippen LogP contribution < -0.4 is 16.4 Å². The lowest BCUT2D eigenvalue weighted by molar-refractivity contribution is 0.0965. The highest BCUT2D eigenvalue weighted by atomic mass is 32.1. The monoisotopic (exact) mass is 675 g/mol. The number of aryl methyl sites for hydroxylation is 1. The second kappa shape index (κ2) is 20.4. The number of carbonyl (C=O) groups excluding carboxylic acids is 2. The zero-order valence-electron chi connectivity index (χ0n) is 29.0. The molecule has 0 saturated carbocycles. The summed E-state index contributed by atoms with van der Waals surface area (Å²) >= 11 is 4.15. The van der Waals surface area contributed by atoms with Crippen LogP contribution in [0.1, 0.15) is 91.1 Å². The van der Waals surface area contributed by atoms with E-state index < -0.39 is 0 Å². The summed E-state index contributed by atoms with van der Waals surface area (Å²) in [6.45, 7) is 8.43. The van der Waals surface area contributed by atoms with E-state index in [4.69, 9.17) is 5.73 Å². The highest BCUT2D eigenvalue weighted by Gasteiger charge is 2.16. The summed E-state index contributed by atoms with van der Waals surface area (Å²) in [4.78, 5) is 25.9. The normalized spacial score (nSPS) is 11.7. The Morgan fingerprint density at radius 3 is 2.12 bits per heavy atom. The quantitative estimate of drug-likeness (QED) is 0.0421. The average molecular weight is 676 g/mol. The summed E-state index contributed by atoms with van der Waals surface area (Å²) in [7, 11) is 0. The van der Waals surface area contributed by atoms with E-state index in [0.717, 1.165) is 55.2 Å². The molecule has 0 aromatic heterocycles. The van der Waals surface area contributed by atoms with E-state index in [9.17, 15) is 14.7 Å². The average Bonchev–Trinajstić information content (AvgIpc) is 3.12. The number of phenolic OH excluding ortho intramolecular Hbond substituents is 1. The molecule has 0 spiro atoms. The molecule has 5 N–H and O–H groups in total. The summed E-state index contributed by atoms with van der Waals surface area (Å²) in [6.07, 6.45) is 9.84.